The number of pyridine rings is 1. The van der Waals surface area contributed by atoms with Gasteiger partial charge in [0.05, 0.1) is 5.52 Å². The van der Waals surface area contributed by atoms with Crippen molar-refractivity contribution in [3.63, 3.8) is 0 Å². The summed E-state index contributed by atoms with van der Waals surface area (Å²) < 4.78 is 0. The van der Waals surface area contributed by atoms with E-state index in [1.165, 1.54) is 18.2 Å². The molecule has 0 saturated carbocycles. The normalized spacial score (nSPS) is 15.6. The van der Waals surface area contributed by atoms with Crippen molar-refractivity contribution in [1.29, 1.82) is 0 Å². The molecule has 0 bridgehead atoms. The van der Waals surface area contributed by atoms with Crippen LogP contribution in [0, 0.1) is 0 Å². The lowest BCUT2D eigenvalue weighted by Crippen LogP contribution is -2.14. The summed E-state index contributed by atoms with van der Waals surface area (Å²) in [7, 11) is 0. The summed E-state index contributed by atoms with van der Waals surface area (Å²) in [5.74, 6) is -2.59. The minimum absolute atomic E-state index is 0.0616. The molecule has 0 fully saturated rings. The molecule has 6 heteroatoms. The second-order valence-electron chi connectivity index (χ2n) is 7.63. The summed E-state index contributed by atoms with van der Waals surface area (Å²) in [5, 5.41) is 30.2. The smallest absolute Gasteiger partial charge is 0.180 e. The third-order valence-corrected chi connectivity index (χ3v) is 5.57. The molecule has 5 rings (SSSR count). The molecule has 4 aromatic rings. The quantitative estimate of drug-likeness (QED) is 0.251. The van der Waals surface area contributed by atoms with Gasteiger partial charge in [0.15, 0.2) is 23.1 Å². The van der Waals surface area contributed by atoms with E-state index in [0.29, 0.717) is 22.2 Å². The van der Waals surface area contributed by atoms with Gasteiger partial charge in [-0.2, -0.15) is 0 Å². The molecule has 0 radical (unpaired) electrons. The molecule has 1 aliphatic carbocycles. The summed E-state index contributed by atoms with van der Waals surface area (Å²) >= 11 is 0. The third kappa shape index (κ3) is 3.18. The largest absolute Gasteiger partial charge is 0.506 e. The van der Waals surface area contributed by atoms with Gasteiger partial charge in [0.1, 0.15) is 17.4 Å². The van der Waals surface area contributed by atoms with Crippen molar-refractivity contribution in [2.75, 3.05) is 0 Å². The Morgan fingerprint density at radius 1 is 0.688 bits per heavy atom. The molecule has 1 unspecified atom stereocenters. The van der Waals surface area contributed by atoms with E-state index in [1.54, 1.807) is 54.6 Å². The molecule has 0 spiro atoms. The van der Waals surface area contributed by atoms with Gasteiger partial charge in [-0.1, -0.05) is 48.6 Å². The van der Waals surface area contributed by atoms with Gasteiger partial charge in [0.2, 0.25) is 0 Å². The summed E-state index contributed by atoms with van der Waals surface area (Å²) in [6, 6.07) is 18.1. The summed E-state index contributed by atoms with van der Waals surface area (Å²) in [6.07, 6.45) is 3.46. The Bertz CT molecular complexity index is 1450. The topological polar surface area (TPSA) is 108 Å². The molecule has 32 heavy (non-hydrogen) atoms. The van der Waals surface area contributed by atoms with Gasteiger partial charge >= 0.3 is 0 Å². The molecule has 3 aromatic carbocycles. The number of rotatable bonds is 3. The van der Waals surface area contributed by atoms with Crippen LogP contribution in [0.5, 0.6) is 17.2 Å². The number of fused-ring (bicyclic) bond motifs is 2. The highest BCUT2D eigenvalue weighted by atomic mass is 16.3. The summed E-state index contributed by atoms with van der Waals surface area (Å²) in [6.45, 7) is 0. The lowest BCUT2D eigenvalue weighted by atomic mass is 9.97. The number of phenolic OH excluding ortho intramolecular Hbond substituents is 2. The average Bonchev–Trinajstić information content (AvgIpc) is 3.03. The number of aromatic hydroxyl groups is 3. The van der Waals surface area contributed by atoms with Gasteiger partial charge in [-0.25, -0.2) is 4.98 Å². The summed E-state index contributed by atoms with van der Waals surface area (Å²) in [4.78, 5) is 30.6. The summed E-state index contributed by atoms with van der Waals surface area (Å²) in [5.41, 5.74) is 2.59. The Morgan fingerprint density at radius 3 is 2.16 bits per heavy atom. The zero-order valence-electron chi connectivity index (χ0n) is 16.7. The number of ketones is 2. The van der Waals surface area contributed by atoms with E-state index in [0.717, 1.165) is 5.39 Å². The second kappa shape index (κ2) is 7.35. The van der Waals surface area contributed by atoms with Crippen molar-refractivity contribution in [2.24, 2.45) is 0 Å². The Hall–Kier alpha value is -4.45. The number of Topliss-reactive ketones (excluding diaryl/α,β-unsaturated/α-hetero) is 2. The lowest BCUT2D eigenvalue weighted by molar-refractivity contribution is 0.0886. The number of hydrogen-bond acceptors (Lipinski definition) is 6. The van der Waals surface area contributed by atoms with Crippen LogP contribution in [0.2, 0.25) is 0 Å². The molecule has 1 atom stereocenters. The van der Waals surface area contributed by atoms with Crippen LogP contribution in [-0.2, 0) is 0 Å². The first-order chi connectivity index (χ1) is 15.4. The first-order valence-corrected chi connectivity index (χ1v) is 9.93. The monoisotopic (exact) mass is 423 g/mol. The number of carbonyl (C=O) groups is 2. The Morgan fingerprint density at radius 2 is 1.38 bits per heavy atom. The number of nitrogens with zero attached hydrogens (tertiary/aromatic N) is 1. The number of para-hydroxylation sites is 1. The number of aromatic nitrogens is 1. The van der Waals surface area contributed by atoms with Crippen molar-refractivity contribution in [3.8, 4) is 17.2 Å². The van der Waals surface area contributed by atoms with Gasteiger partial charge < -0.3 is 15.3 Å². The molecular weight excluding hydrogens is 406 g/mol. The van der Waals surface area contributed by atoms with Gasteiger partial charge in [-0.15, -0.1) is 0 Å². The zero-order valence-corrected chi connectivity index (χ0v) is 16.7. The van der Waals surface area contributed by atoms with Crippen molar-refractivity contribution < 1.29 is 24.9 Å². The zero-order chi connectivity index (χ0) is 22.4. The highest BCUT2D eigenvalue weighted by Gasteiger charge is 2.42. The Balaban J connectivity index is 1.50. The number of carbonyl (C=O) groups excluding carboxylic acids is 2. The van der Waals surface area contributed by atoms with Gasteiger partial charge in [0.25, 0.3) is 0 Å². The van der Waals surface area contributed by atoms with Gasteiger partial charge in [-0.3, -0.25) is 9.59 Å². The molecule has 0 aliphatic heterocycles. The molecule has 6 nitrogen and oxygen atoms in total. The average molecular weight is 423 g/mol. The molecule has 156 valence electrons. The minimum Gasteiger partial charge on any atom is -0.506 e. The predicted molar refractivity (Wildman–Crippen MR) is 120 cm³/mol. The fourth-order valence-electron chi connectivity index (χ4n) is 3.93. The molecule has 0 saturated heterocycles. The van der Waals surface area contributed by atoms with Crippen LogP contribution in [0.4, 0.5) is 0 Å². The van der Waals surface area contributed by atoms with Gasteiger partial charge in [0, 0.05) is 16.5 Å². The maximum absolute atomic E-state index is 13.1. The fraction of sp³-hybridized carbons (Fsp3) is 0.0385. The SMILES string of the molecule is O=C1c2ccc(C=Cc3ccc(O)c(O)c3)cc2C(=O)C1c1nc2ccccc2cc1O. The van der Waals surface area contributed by atoms with Crippen LogP contribution >= 0.6 is 0 Å². The molecule has 1 aliphatic rings. The maximum Gasteiger partial charge on any atom is 0.180 e. The van der Waals surface area contributed by atoms with Crippen molar-refractivity contribution in [1.82, 2.24) is 4.98 Å². The highest BCUT2D eigenvalue weighted by Crippen LogP contribution is 2.38. The first-order valence-electron chi connectivity index (χ1n) is 9.93. The number of benzene rings is 3. The predicted octanol–water partition coefficient (Wildman–Crippen LogP) is 4.68. The number of phenols is 2. The van der Waals surface area contributed by atoms with Crippen LogP contribution in [0.1, 0.15) is 43.5 Å². The fourth-order valence-corrected chi connectivity index (χ4v) is 3.93. The van der Waals surface area contributed by atoms with E-state index in [4.69, 9.17) is 0 Å². The lowest BCUT2D eigenvalue weighted by Gasteiger charge is -2.10. The van der Waals surface area contributed by atoms with Crippen LogP contribution in [0.15, 0.2) is 66.7 Å². The van der Waals surface area contributed by atoms with Crippen molar-refractivity contribution in [3.05, 3.63) is 94.7 Å². The van der Waals surface area contributed by atoms with E-state index in [9.17, 15) is 24.9 Å². The van der Waals surface area contributed by atoms with Crippen LogP contribution in [-0.4, -0.2) is 31.9 Å². The van der Waals surface area contributed by atoms with E-state index in [2.05, 4.69) is 4.98 Å². The van der Waals surface area contributed by atoms with Crippen molar-refractivity contribution >= 4 is 34.6 Å². The second-order valence-corrected chi connectivity index (χ2v) is 7.63. The molecule has 1 aromatic heterocycles. The maximum atomic E-state index is 13.1. The van der Waals surface area contributed by atoms with Crippen molar-refractivity contribution in [2.45, 2.75) is 5.92 Å². The van der Waals surface area contributed by atoms with E-state index < -0.39 is 11.7 Å². The van der Waals surface area contributed by atoms with E-state index in [1.807, 2.05) is 6.07 Å². The third-order valence-electron chi connectivity index (χ3n) is 5.57. The molecule has 0 amide bonds. The molecular formula is C26H17NO5. The Kier molecular flexibility index (Phi) is 4.48. The number of hydrogen-bond donors (Lipinski definition) is 3. The minimum atomic E-state index is -1.18. The first kappa shape index (κ1) is 19.5. The molecule has 3 N–H and O–H groups in total. The van der Waals surface area contributed by atoms with Crippen LogP contribution < -0.4 is 0 Å². The van der Waals surface area contributed by atoms with E-state index >= 15 is 0 Å². The van der Waals surface area contributed by atoms with Crippen LogP contribution in [0.25, 0.3) is 23.1 Å². The molecule has 1 heterocycles. The standard InChI is InChI=1S/C26H17NO5/c28-20-10-8-15(12-21(20)29)6-5-14-7-9-17-18(11-14)26(32)23(25(17)31)24-22(30)13-16-3-1-2-4-19(16)27-24/h1-13,23,28-30H. The Labute approximate surface area is 182 Å². The highest BCUT2D eigenvalue weighted by molar-refractivity contribution is 6.30. The van der Waals surface area contributed by atoms with E-state index in [-0.39, 0.29) is 34.3 Å². The van der Waals surface area contributed by atoms with Gasteiger partial charge in [-0.05, 0) is 41.5 Å². The van der Waals surface area contributed by atoms with Crippen LogP contribution in [0.3, 0.4) is 0 Å².